The van der Waals surface area contributed by atoms with Gasteiger partial charge in [0.05, 0.1) is 0 Å². The van der Waals surface area contributed by atoms with Gasteiger partial charge >= 0.3 is 0 Å². The van der Waals surface area contributed by atoms with Crippen LogP contribution in [-0.2, 0) is 0 Å². The van der Waals surface area contributed by atoms with Gasteiger partial charge in [0.1, 0.15) is 0 Å². The van der Waals surface area contributed by atoms with E-state index in [1.54, 1.807) is 0 Å². The van der Waals surface area contributed by atoms with E-state index in [4.69, 9.17) is 0 Å². The fourth-order valence-electron chi connectivity index (χ4n) is 1.95. The van der Waals surface area contributed by atoms with E-state index in [1.807, 2.05) is 13.0 Å². The van der Waals surface area contributed by atoms with Gasteiger partial charge in [-0.3, -0.25) is 0 Å². The predicted molar refractivity (Wildman–Crippen MR) is 64.1 cm³/mol. The van der Waals surface area contributed by atoms with Gasteiger partial charge in [0.2, 0.25) is 0 Å². The molecule has 0 heteroatoms. The minimum atomic E-state index is 0.437. The Morgan fingerprint density at radius 2 is 2.14 bits per heavy atom. The zero-order valence-electron chi connectivity index (χ0n) is 9.14. The Kier molecular flexibility index (Phi) is 3.29. The van der Waals surface area contributed by atoms with Crippen LogP contribution in [0.3, 0.4) is 0 Å². The highest BCUT2D eigenvalue weighted by atomic mass is 14.3. The average molecular weight is 186 g/mol. The molecule has 74 valence electrons. The molecular formula is C14H18. The van der Waals surface area contributed by atoms with Crippen LogP contribution in [0.1, 0.15) is 20.3 Å². The topological polar surface area (TPSA) is 0 Å². The summed E-state index contributed by atoms with van der Waals surface area (Å²) in [6, 6.07) is 0. The monoisotopic (exact) mass is 186 g/mol. The van der Waals surface area contributed by atoms with E-state index < -0.39 is 0 Å². The summed E-state index contributed by atoms with van der Waals surface area (Å²) in [5, 5.41) is 0. The van der Waals surface area contributed by atoms with Crippen molar-refractivity contribution in [2.45, 2.75) is 20.3 Å². The van der Waals surface area contributed by atoms with Crippen LogP contribution in [0.25, 0.3) is 0 Å². The molecule has 0 aromatic carbocycles. The molecule has 0 nitrogen and oxygen atoms in total. The van der Waals surface area contributed by atoms with Crippen LogP contribution < -0.4 is 0 Å². The largest absolute Gasteiger partial charge is 0.0995 e. The summed E-state index contributed by atoms with van der Waals surface area (Å²) >= 11 is 0. The van der Waals surface area contributed by atoms with E-state index in [1.165, 1.54) is 22.3 Å². The van der Waals surface area contributed by atoms with Gasteiger partial charge in [0.15, 0.2) is 0 Å². The molecule has 0 saturated carbocycles. The SMILES string of the molecule is C=CC1=C(/C=C\C)C(C(=C)C)CC1=C. The van der Waals surface area contributed by atoms with Crippen molar-refractivity contribution in [3.63, 3.8) is 0 Å². The highest BCUT2D eigenvalue weighted by Crippen LogP contribution is 2.40. The van der Waals surface area contributed by atoms with Crippen molar-refractivity contribution in [2.24, 2.45) is 5.92 Å². The van der Waals surface area contributed by atoms with Crippen molar-refractivity contribution in [1.29, 1.82) is 0 Å². The normalized spacial score (nSPS) is 22.1. The molecular weight excluding hydrogens is 168 g/mol. The van der Waals surface area contributed by atoms with E-state index in [9.17, 15) is 0 Å². The number of rotatable bonds is 3. The molecule has 1 unspecified atom stereocenters. The molecule has 1 rings (SSSR count). The molecule has 0 N–H and O–H groups in total. The first-order valence-corrected chi connectivity index (χ1v) is 4.94. The van der Waals surface area contributed by atoms with E-state index in [0.717, 1.165) is 6.42 Å². The lowest BCUT2D eigenvalue weighted by atomic mass is 9.93. The van der Waals surface area contributed by atoms with Gasteiger partial charge in [0.25, 0.3) is 0 Å². The second kappa shape index (κ2) is 4.28. The average Bonchev–Trinajstić information content (AvgIpc) is 2.43. The third-order valence-electron chi connectivity index (χ3n) is 2.66. The third-order valence-corrected chi connectivity index (χ3v) is 2.66. The zero-order chi connectivity index (χ0) is 10.7. The molecule has 0 aliphatic heterocycles. The van der Waals surface area contributed by atoms with E-state index >= 15 is 0 Å². The molecule has 14 heavy (non-hydrogen) atoms. The Bertz CT molecular complexity index is 337. The molecule has 0 saturated heterocycles. The second-order valence-corrected chi connectivity index (χ2v) is 3.78. The number of hydrogen-bond donors (Lipinski definition) is 0. The zero-order valence-corrected chi connectivity index (χ0v) is 9.14. The summed E-state index contributed by atoms with van der Waals surface area (Å²) in [7, 11) is 0. The van der Waals surface area contributed by atoms with Crippen molar-refractivity contribution in [3.8, 4) is 0 Å². The summed E-state index contributed by atoms with van der Waals surface area (Å²) in [5.41, 5.74) is 4.91. The molecule has 0 heterocycles. The first kappa shape index (κ1) is 10.8. The summed E-state index contributed by atoms with van der Waals surface area (Å²) in [6.45, 7) is 16.0. The molecule has 0 fully saturated rings. The molecule has 0 bridgehead atoms. The van der Waals surface area contributed by atoms with Gasteiger partial charge in [-0.1, -0.05) is 43.5 Å². The minimum absolute atomic E-state index is 0.437. The van der Waals surface area contributed by atoms with Crippen molar-refractivity contribution >= 4 is 0 Å². The lowest BCUT2D eigenvalue weighted by molar-refractivity contribution is 0.765. The van der Waals surface area contributed by atoms with Gasteiger partial charge in [-0.2, -0.15) is 0 Å². The fourth-order valence-corrected chi connectivity index (χ4v) is 1.95. The third kappa shape index (κ3) is 1.79. The van der Waals surface area contributed by atoms with E-state index in [2.05, 4.69) is 38.8 Å². The van der Waals surface area contributed by atoms with E-state index in [0.29, 0.717) is 5.92 Å². The molecule has 0 radical (unpaired) electrons. The summed E-state index contributed by atoms with van der Waals surface area (Å²) < 4.78 is 0. The lowest BCUT2D eigenvalue weighted by Gasteiger charge is -2.11. The predicted octanol–water partition coefficient (Wildman–Crippen LogP) is 4.20. The van der Waals surface area contributed by atoms with Crippen molar-refractivity contribution < 1.29 is 0 Å². The summed E-state index contributed by atoms with van der Waals surface area (Å²) in [6.07, 6.45) is 7.11. The lowest BCUT2D eigenvalue weighted by Crippen LogP contribution is -1.98. The summed E-state index contributed by atoms with van der Waals surface area (Å²) in [5.74, 6) is 0.437. The maximum atomic E-state index is 4.07. The Morgan fingerprint density at radius 1 is 1.50 bits per heavy atom. The molecule has 0 aromatic heterocycles. The van der Waals surface area contributed by atoms with E-state index in [-0.39, 0.29) is 0 Å². The Hall–Kier alpha value is -1.30. The highest BCUT2D eigenvalue weighted by Gasteiger charge is 2.25. The maximum absolute atomic E-state index is 4.07. The van der Waals surface area contributed by atoms with Gasteiger partial charge in [-0.15, -0.1) is 0 Å². The van der Waals surface area contributed by atoms with Crippen LogP contribution in [-0.4, -0.2) is 0 Å². The van der Waals surface area contributed by atoms with Crippen LogP contribution >= 0.6 is 0 Å². The Morgan fingerprint density at radius 3 is 2.57 bits per heavy atom. The number of allylic oxidation sites excluding steroid dienone is 7. The van der Waals surface area contributed by atoms with Crippen molar-refractivity contribution in [3.05, 3.63) is 60.3 Å². The summed E-state index contributed by atoms with van der Waals surface area (Å²) in [4.78, 5) is 0. The van der Waals surface area contributed by atoms with Crippen molar-refractivity contribution in [2.75, 3.05) is 0 Å². The van der Waals surface area contributed by atoms with Crippen molar-refractivity contribution in [1.82, 2.24) is 0 Å². The Balaban J connectivity index is 3.18. The first-order chi connectivity index (χ1) is 6.61. The van der Waals surface area contributed by atoms with Gasteiger partial charge < -0.3 is 0 Å². The van der Waals surface area contributed by atoms with Gasteiger partial charge in [-0.05, 0) is 37.0 Å². The fraction of sp³-hybridized carbons (Fsp3) is 0.286. The molecule has 1 atom stereocenters. The van der Waals surface area contributed by atoms with Crippen LogP contribution in [0.4, 0.5) is 0 Å². The van der Waals surface area contributed by atoms with Crippen LogP contribution in [0.2, 0.25) is 0 Å². The first-order valence-electron chi connectivity index (χ1n) is 4.94. The molecule has 0 spiro atoms. The second-order valence-electron chi connectivity index (χ2n) is 3.78. The molecule has 0 aromatic rings. The number of hydrogen-bond acceptors (Lipinski definition) is 0. The maximum Gasteiger partial charge on any atom is 0.00890 e. The molecule has 1 aliphatic rings. The van der Waals surface area contributed by atoms with Crippen LogP contribution in [0.5, 0.6) is 0 Å². The molecule has 0 amide bonds. The van der Waals surface area contributed by atoms with Gasteiger partial charge in [-0.25, -0.2) is 0 Å². The standard InChI is InChI=1S/C14H18/c1-6-8-13-12(7-2)11(5)9-14(13)10(3)4/h6-8,14H,2-3,5,9H2,1,4H3/b8-6-. The minimum Gasteiger partial charge on any atom is -0.0995 e. The quantitative estimate of drug-likeness (QED) is 0.579. The van der Waals surface area contributed by atoms with Crippen LogP contribution in [0.15, 0.2) is 60.3 Å². The highest BCUT2D eigenvalue weighted by molar-refractivity contribution is 5.53. The van der Waals surface area contributed by atoms with Crippen LogP contribution in [0, 0.1) is 5.92 Å². The smallest absolute Gasteiger partial charge is 0.00890 e. The van der Waals surface area contributed by atoms with Gasteiger partial charge in [0, 0.05) is 5.92 Å². The molecule has 1 aliphatic carbocycles. The Labute approximate surface area is 87.0 Å².